The second-order valence-corrected chi connectivity index (χ2v) is 9.11. The van der Waals surface area contributed by atoms with Gasteiger partial charge in [-0.1, -0.05) is 30.3 Å². The predicted molar refractivity (Wildman–Crippen MR) is 113 cm³/mol. The number of aromatic nitrogens is 2. The lowest BCUT2D eigenvalue weighted by molar-refractivity contribution is -0.145. The van der Waals surface area contributed by atoms with Crippen LogP contribution >= 0.6 is 0 Å². The molecule has 9 heteroatoms. The molecule has 1 aromatic heterocycles. The van der Waals surface area contributed by atoms with Gasteiger partial charge in [-0.25, -0.2) is 13.4 Å². The van der Waals surface area contributed by atoms with Crippen LogP contribution in [0.2, 0.25) is 0 Å². The van der Waals surface area contributed by atoms with Crippen molar-refractivity contribution in [2.75, 3.05) is 14.2 Å². The molecule has 0 aliphatic carbocycles. The normalized spacial score (nSPS) is 16.5. The maximum absolute atomic E-state index is 13.5. The van der Waals surface area contributed by atoms with Crippen LogP contribution in [0, 0.1) is 0 Å². The van der Waals surface area contributed by atoms with Gasteiger partial charge in [0.1, 0.15) is 11.8 Å². The van der Waals surface area contributed by atoms with Crippen molar-refractivity contribution in [1.29, 1.82) is 0 Å². The van der Waals surface area contributed by atoms with Gasteiger partial charge in [-0.3, -0.25) is 4.79 Å². The molecular formula is C22H23N3O5S. The van der Waals surface area contributed by atoms with Gasteiger partial charge in [0.15, 0.2) is 0 Å². The maximum Gasteiger partial charge on any atom is 0.324 e. The van der Waals surface area contributed by atoms with Crippen molar-refractivity contribution < 1.29 is 22.7 Å². The van der Waals surface area contributed by atoms with Crippen molar-refractivity contribution in [3.63, 3.8) is 0 Å². The topological polar surface area (TPSA) is 90.7 Å². The Bertz CT molecular complexity index is 1170. The molecule has 1 aliphatic heterocycles. The van der Waals surface area contributed by atoms with E-state index in [0.29, 0.717) is 18.0 Å². The number of methoxy groups -OCH3 is 2. The standard InChI is InChI=1S/C22H23N3O5S/c1-29-17-8-10-18(11-9-17)31(27,28)25-14-21-19(12-20(25)22(26)30-2)23-15-24(21)13-16-6-4-3-5-7-16/h3-11,15,20H,12-14H2,1-2H3. The summed E-state index contributed by atoms with van der Waals surface area (Å²) in [6, 6.07) is 15.0. The summed E-state index contributed by atoms with van der Waals surface area (Å²) >= 11 is 0. The fourth-order valence-electron chi connectivity index (χ4n) is 3.73. The molecule has 0 N–H and O–H groups in total. The largest absolute Gasteiger partial charge is 0.497 e. The van der Waals surface area contributed by atoms with Crippen LogP contribution in [0.3, 0.4) is 0 Å². The third-order valence-electron chi connectivity index (χ3n) is 5.41. The zero-order valence-corrected chi connectivity index (χ0v) is 18.1. The zero-order chi connectivity index (χ0) is 22.0. The second-order valence-electron chi connectivity index (χ2n) is 7.22. The molecule has 8 nitrogen and oxygen atoms in total. The smallest absolute Gasteiger partial charge is 0.324 e. The Kier molecular flexibility index (Phi) is 5.79. The van der Waals surface area contributed by atoms with Gasteiger partial charge in [0.05, 0.1) is 43.4 Å². The third-order valence-corrected chi connectivity index (χ3v) is 7.28. The van der Waals surface area contributed by atoms with E-state index in [0.717, 1.165) is 11.3 Å². The van der Waals surface area contributed by atoms with Crippen LogP contribution < -0.4 is 4.74 Å². The molecule has 2 heterocycles. The van der Waals surface area contributed by atoms with E-state index in [1.54, 1.807) is 18.5 Å². The van der Waals surface area contributed by atoms with Crippen molar-refractivity contribution in [1.82, 2.24) is 13.9 Å². The SMILES string of the molecule is COC(=O)C1Cc2ncn(Cc3ccccc3)c2CN1S(=O)(=O)c1ccc(OC)cc1. The molecule has 0 saturated heterocycles. The van der Waals surface area contributed by atoms with Crippen LogP contribution in [0.1, 0.15) is 17.0 Å². The second kappa shape index (κ2) is 8.52. The number of carbonyl (C=O) groups is 1. The molecule has 31 heavy (non-hydrogen) atoms. The predicted octanol–water partition coefficient (Wildman–Crippen LogP) is 2.23. The minimum atomic E-state index is -3.97. The van der Waals surface area contributed by atoms with Crippen molar-refractivity contribution in [3.05, 3.63) is 77.9 Å². The number of rotatable bonds is 6. The van der Waals surface area contributed by atoms with E-state index in [9.17, 15) is 13.2 Å². The summed E-state index contributed by atoms with van der Waals surface area (Å²) in [5.41, 5.74) is 2.54. The maximum atomic E-state index is 13.5. The molecule has 1 unspecified atom stereocenters. The summed E-state index contributed by atoms with van der Waals surface area (Å²) < 4.78 is 40.1. The Balaban J connectivity index is 1.71. The minimum Gasteiger partial charge on any atom is -0.497 e. The van der Waals surface area contributed by atoms with E-state index in [-0.39, 0.29) is 17.9 Å². The first-order valence-electron chi connectivity index (χ1n) is 9.74. The number of nitrogens with zero attached hydrogens (tertiary/aromatic N) is 3. The molecule has 0 amide bonds. The number of sulfonamides is 1. The lowest BCUT2D eigenvalue weighted by Crippen LogP contribution is -2.49. The van der Waals surface area contributed by atoms with Crippen LogP contribution in [0.15, 0.2) is 65.8 Å². The zero-order valence-electron chi connectivity index (χ0n) is 17.3. The Morgan fingerprint density at radius 2 is 1.81 bits per heavy atom. The molecule has 3 aromatic rings. The van der Waals surface area contributed by atoms with E-state index in [1.165, 1.54) is 30.7 Å². The van der Waals surface area contributed by atoms with E-state index in [2.05, 4.69) is 4.98 Å². The van der Waals surface area contributed by atoms with Gasteiger partial charge < -0.3 is 14.0 Å². The molecule has 4 rings (SSSR count). The molecule has 0 saturated carbocycles. The molecule has 0 bridgehead atoms. The molecule has 1 aliphatic rings. The number of imidazole rings is 1. The van der Waals surface area contributed by atoms with Crippen LogP contribution in [0.4, 0.5) is 0 Å². The monoisotopic (exact) mass is 441 g/mol. The number of benzene rings is 2. The van der Waals surface area contributed by atoms with Gasteiger partial charge in [0.2, 0.25) is 10.0 Å². The highest BCUT2D eigenvalue weighted by atomic mass is 32.2. The highest BCUT2D eigenvalue weighted by Crippen LogP contribution is 2.30. The van der Waals surface area contributed by atoms with Crippen molar-refractivity contribution >= 4 is 16.0 Å². The molecule has 1 atom stereocenters. The van der Waals surface area contributed by atoms with Crippen molar-refractivity contribution in [2.24, 2.45) is 0 Å². The van der Waals surface area contributed by atoms with E-state index < -0.39 is 22.0 Å². The molecule has 0 spiro atoms. The van der Waals surface area contributed by atoms with Crippen molar-refractivity contribution in [3.8, 4) is 5.75 Å². The fraction of sp³-hybridized carbons (Fsp3) is 0.273. The number of ether oxygens (including phenoxy) is 2. The first-order valence-corrected chi connectivity index (χ1v) is 11.2. The lowest BCUT2D eigenvalue weighted by Gasteiger charge is -2.33. The molecule has 0 fully saturated rings. The minimum absolute atomic E-state index is 0.0241. The van der Waals surface area contributed by atoms with E-state index in [1.807, 2.05) is 34.9 Å². The highest BCUT2D eigenvalue weighted by Gasteiger charge is 2.42. The van der Waals surface area contributed by atoms with Gasteiger partial charge >= 0.3 is 5.97 Å². The average Bonchev–Trinajstić information content (AvgIpc) is 3.20. The Hall–Kier alpha value is -3.17. The average molecular weight is 442 g/mol. The number of fused-ring (bicyclic) bond motifs is 1. The van der Waals surface area contributed by atoms with Gasteiger partial charge in [0, 0.05) is 13.0 Å². The Morgan fingerprint density at radius 3 is 2.45 bits per heavy atom. The number of esters is 1. The first-order chi connectivity index (χ1) is 14.9. The van der Waals surface area contributed by atoms with Gasteiger partial charge in [-0.2, -0.15) is 4.31 Å². The number of hydrogen-bond acceptors (Lipinski definition) is 6. The summed E-state index contributed by atoms with van der Waals surface area (Å²) in [5, 5.41) is 0. The molecular weight excluding hydrogens is 418 g/mol. The van der Waals surface area contributed by atoms with Gasteiger partial charge in [-0.05, 0) is 29.8 Å². The third kappa shape index (κ3) is 4.06. The lowest BCUT2D eigenvalue weighted by atomic mass is 10.1. The van der Waals surface area contributed by atoms with Crippen LogP contribution in [0.5, 0.6) is 5.75 Å². The van der Waals surface area contributed by atoms with E-state index in [4.69, 9.17) is 9.47 Å². The van der Waals surface area contributed by atoms with Crippen LogP contribution in [0.25, 0.3) is 0 Å². The number of hydrogen-bond donors (Lipinski definition) is 0. The fourth-order valence-corrected chi connectivity index (χ4v) is 5.27. The Labute approximate surface area is 181 Å². The van der Waals surface area contributed by atoms with Crippen LogP contribution in [-0.4, -0.2) is 48.5 Å². The first kappa shape index (κ1) is 21.1. The molecule has 2 aromatic carbocycles. The van der Waals surface area contributed by atoms with E-state index >= 15 is 0 Å². The van der Waals surface area contributed by atoms with Gasteiger partial charge in [-0.15, -0.1) is 0 Å². The summed E-state index contributed by atoms with van der Waals surface area (Å²) in [5.74, 6) is -0.0642. The van der Waals surface area contributed by atoms with Gasteiger partial charge in [0.25, 0.3) is 0 Å². The molecule has 0 radical (unpaired) electrons. The summed E-state index contributed by atoms with van der Waals surface area (Å²) in [6.07, 6.45) is 1.84. The molecule has 162 valence electrons. The number of carbonyl (C=O) groups excluding carboxylic acids is 1. The summed E-state index contributed by atoms with van der Waals surface area (Å²) in [7, 11) is -1.20. The summed E-state index contributed by atoms with van der Waals surface area (Å²) in [6.45, 7) is 0.582. The highest BCUT2D eigenvalue weighted by molar-refractivity contribution is 7.89. The summed E-state index contributed by atoms with van der Waals surface area (Å²) in [4.78, 5) is 17.0. The quantitative estimate of drug-likeness (QED) is 0.545. The van der Waals surface area contributed by atoms with Crippen molar-refractivity contribution in [2.45, 2.75) is 30.4 Å². The van der Waals surface area contributed by atoms with Crippen LogP contribution in [-0.2, 0) is 39.1 Å². The Morgan fingerprint density at radius 1 is 1.10 bits per heavy atom.